The van der Waals surface area contributed by atoms with E-state index < -0.39 is 6.03 Å². The van der Waals surface area contributed by atoms with Crippen molar-refractivity contribution >= 4 is 29.2 Å². The monoisotopic (exact) mass is 329 g/mol. The van der Waals surface area contributed by atoms with Crippen LogP contribution in [0, 0.1) is 0 Å². The van der Waals surface area contributed by atoms with Gasteiger partial charge < -0.3 is 10.6 Å². The predicted octanol–water partition coefficient (Wildman–Crippen LogP) is 3.22. The molecule has 3 rings (SSSR count). The molecule has 1 fully saturated rings. The summed E-state index contributed by atoms with van der Waals surface area (Å²) in [5.41, 5.74) is 2.96. The zero-order valence-corrected chi connectivity index (χ0v) is 13.1. The largest absolute Gasteiger partial charge is 0.381 e. The number of amides is 3. The number of nitrogens with one attached hydrogen (secondary N) is 3. The molecule has 0 saturated carbocycles. The molecule has 1 atom stereocenters. The summed E-state index contributed by atoms with van der Waals surface area (Å²) in [7, 11) is 0. The van der Waals surface area contributed by atoms with Gasteiger partial charge in [0.15, 0.2) is 0 Å². The summed E-state index contributed by atoms with van der Waals surface area (Å²) in [6.45, 7) is 0.669. The lowest BCUT2D eigenvalue weighted by atomic mass is 10.0. The fraction of sp³-hybridized carbons (Fsp3) is 0.176. The zero-order chi connectivity index (χ0) is 16.2. The number of hydrogen-bond donors (Lipinski definition) is 3. The molecular weight excluding hydrogens is 314 g/mol. The second-order valence-corrected chi connectivity index (χ2v) is 5.82. The molecule has 0 spiro atoms. The highest BCUT2D eigenvalue weighted by Crippen LogP contribution is 2.21. The van der Waals surface area contributed by atoms with Gasteiger partial charge in [0.1, 0.15) is 0 Å². The van der Waals surface area contributed by atoms with Gasteiger partial charge in [0, 0.05) is 17.3 Å². The fourth-order valence-electron chi connectivity index (χ4n) is 2.49. The van der Waals surface area contributed by atoms with E-state index in [-0.39, 0.29) is 18.4 Å². The highest BCUT2D eigenvalue weighted by Gasteiger charge is 2.24. The van der Waals surface area contributed by atoms with Crippen molar-refractivity contribution in [1.82, 2.24) is 10.6 Å². The van der Waals surface area contributed by atoms with Crippen LogP contribution in [0.25, 0.3) is 0 Å². The second-order valence-electron chi connectivity index (χ2n) is 5.38. The van der Waals surface area contributed by atoms with Crippen LogP contribution in [0.5, 0.6) is 0 Å². The summed E-state index contributed by atoms with van der Waals surface area (Å²) in [4.78, 5) is 22.8. The molecule has 0 aromatic heterocycles. The quantitative estimate of drug-likeness (QED) is 0.806. The van der Waals surface area contributed by atoms with Crippen molar-refractivity contribution in [3.63, 3.8) is 0 Å². The van der Waals surface area contributed by atoms with E-state index in [0.717, 1.165) is 16.8 Å². The summed E-state index contributed by atoms with van der Waals surface area (Å²) in [5.74, 6) is -0.262. The highest BCUT2D eigenvalue weighted by molar-refractivity contribution is 6.30. The first-order valence-electron chi connectivity index (χ1n) is 7.29. The second kappa shape index (κ2) is 6.71. The van der Waals surface area contributed by atoms with Gasteiger partial charge >= 0.3 is 6.03 Å². The van der Waals surface area contributed by atoms with Gasteiger partial charge in [-0.3, -0.25) is 10.1 Å². The lowest BCUT2D eigenvalue weighted by Gasteiger charge is -2.23. The van der Waals surface area contributed by atoms with Crippen molar-refractivity contribution in [3.05, 3.63) is 64.7 Å². The molecule has 1 heterocycles. The molecule has 5 nitrogen and oxygen atoms in total. The molecule has 0 bridgehead atoms. The lowest BCUT2D eigenvalue weighted by Crippen LogP contribution is -2.48. The molecule has 3 N–H and O–H groups in total. The van der Waals surface area contributed by atoms with E-state index >= 15 is 0 Å². The average Bonchev–Trinajstić information content (AvgIpc) is 2.53. The molecule has 6 heteroatoms. The number of carbonyl (C=O) groups is 2. The van der Waals surface area contributed by atoms with E-state index in [4.69, 9.17) is 11.6 Å². The smallest absolute Gasteiger partial charge is 0.321 e. The van der Waals surface area contributed by atoms with Gasteiger partial charge in [0.05, 0.1) is 12.5 Å². The number of halogens is 1. The molecule has 118 valence electrons. The molecule has 1 aliphatic rings. The lowest BCUT2D eigenvalue weighted by molar-refractivity contribution is -0.121. The standard InChI is InChI=1S/C17H16ClN3O2/c18-13-3-1-2-11(8-13)10-19-14-6-4-12(5-7-14)15-9-16(22)21-17(23)20-15/h1-8,15,19H,9-10H2,(H2,20,21,22,23). The van der Waals surface area contributed by atoms with Gasteiger partial charge in [-0.25, -0.2) is 4.79 Å². The Morgan fingerprint density at radius 2 is 1.91 bits per heavy atom. The molecule has 2 aromatic carbocycles. The van der Waals surface area contributed by atoms with E-state index in [1.807, 2.05) is 48.5 Å². The Hall–Kier alpha value is -2.53. The fourth-order valence-corrected chi connectivity index (χ4v) is 2.71. The van der Waals surface area contributed by atoms with Gasteiger partial charge in [-0.05, 0) is 35.4 Å². The van der Waals surface area contributed by atoms with Crippen molar-refractivity contribution in [1.29, 1.82) is 0 Å². The van der Waals surface area contributed by atoms with Crippen molar-refractivity contribution in [2.24, 2.45) is 0 Å². The minimum Gasteiger partial charge on any atom is -0.381 e. The van der Waals surface area contributed by atoms with Crippen molar-refractivity contribution in [2.45, 2.75) is 19.0 Å². The van der Waals surface area contributed by atoms with E-state index in [1.54, 1.807) is 0 Å². The first kappa shape index (κ1) is 15.4. The maximum absolute atomic E-state index is 11.4. The number of carbonyl (C=O) groups excluding carboxylic acids is 2. The Labute approximate surface area is 139 Å². The third-order valence-corrected chi connectivity index (χ3v) is 3.88. The van der Waals surface area contributed by atoms with E-state index in [9.17, 15) is 9.59 Å². The number of hydrogen-bond acceptors (Lipinski definition) is 3. The zero-order valence-electron chi connectivity index (χ0n) is 12.3. The van der Waals surface area contributed by atoms with Gasteiger partial charge in [0.25, 0.3) is 0 Å². The molecule has 1 aliphatic heterocycles. The van der Waals surface area contributed by atoms with Gasteiger partial charge in [-0.15, -0.1) is 0 Å². The summed E-state index contributed by atoms with van der Waals surface area (Å²) in [6, 6.07) is 14.6. The molecule has 3 amide bonds. The number of anilines is 1. The predicted molar refractivity (Wildman–Crippen MR) is 89.3 cm³/mol. The first-order valence-corrected chi connectivity index (χ1v) is 7.66. The third-order valence-electron chi connectivity index (χ3n) is 3.65. The van der Waals surface area contributed by atoms with Crippen LogP contribution >= 0.6 is 11.6 Å². The molecule has 2 aromatic rings. The highest BCUT2D eigenvalue weighted by atomic mass is 35.5. The normalized spacial score (nSPS) is 17.3. The van der Waals surface area contributed by atoms with Crippen molar-refractivity contribution in [3.8, 4) is 0 Å². The molecule has 23 heavy (non-hydrogen) atoms. The van der Waals surface area contributed by atoms with Crippen LogP contribution < -0.4 is 16.0 Å². The van der Waals surface area contributed by atoms with E-state index in [1.165, 1.54) is 0 Å². The third kappa shape index (κ3) is 4.02. The Morgan fingerprint density at radius 1 is 1.13 bits per heavy atom. The van der Waals surface area contributed by atoms with Crippen LogP contribution in [0.2, 0.25) is 5.02 Å². The molecule has 0 radical (unpaired) electrons. The summed E-state index contributed by atoms with van der Waals surface area (Å²) in [5, 5.41) is 8.99. The van der Waals surface area contributed by atoms with Crippen LogP contribution in [0.15, 0.2) is 48.5 Å². The van der Waals surface area contributed by atoms with Crippen molar-refractivity contribution in [2.75, 3.05) is 5.32 Å². The number of benzene rings is 2. The number of imide groups is 1. The summed E-state index contributed by atoms with van der Waals surface area (Å²) >= 11 is 5.96. The van der Waals surface area contributed by atoms with Crippen LogP contribution in [-0.4, -0.2) is 11.9 Å². The van der Waals surface area contributed by atoms with E-state index in [2.05, 4.69) is 16.0 Å². The van der Waals surface area contributed by atoms with Crippen LogP contribution in [0.3, 0.4) is 0 Å². The Balaban J connectivity index is 1.63. The van der Waals surface area contributed by atoms with Gasteiger partial charge in [-0.1, -0.05) is 35.9 Å². The number of urea groups is 1. The first-order chi connectivity index (χ1) is 11.1. The van der Waals surface area contributed by atoms with Crippen LogP contribution in [-0.2, 0) is 11.3 Å². The molecule has 1 unspecified atom stereocenters. The molecule has 1 saturated heterocycles. The SMILES string of the molecule is O=C1CC(c2ccc(NCc3cccc(Cl)c3)cc2)NC(=O)N1. The van der Waals surface area contributed by atoms with Gasteiger partial charge in [0.2, 0.25) is 5.91 Å². The Kier molecular flexibility index (Phi) is 4.48. The topological polar surface area (TPSA) is 70.2 Å². The Bertz CT molecular complexity index is 715. The van der Waals surface area contributed by atoms with Gasteiger partial charge in [-0.2, -0.15) is 0 Å². The van der Waals surface area contributed by atoms with Crippen molar-refractivity contribution < 1.29 is 9.59 Å². The average molecular weight is 330 g/mol. The minimum absolute atomic E-state index is 0.251. The maximum Gasteiger partial charge on any atom is 0.321 e. The maximum atomic E-state index is 11.4. The van der Waals surface area contributed by atoms with E-state index in [0.29, 0.717) is 11.6 Å². The van der Waals surface area contributed by atoms with Crippen LogP contribution in [0.4, 0.5) is 10.5 Å². The summed E-state index contributed by atoms with van der Waals surface area (Å²) in [6.07, 6.45) is 0.251. The molecular formula is C17H16ClN3O2. The minimum atomic E-state index is -0.450. The van der Waals surface area contributed by atoms with Crippen LogP contribution in [0.1, 0.15) is 23.6 Å². The summed E-state index contributed by atoms with van der Waals surface area (Å²) < 4.78 is 0. The molecule has 0 aliphatic carbocycles. The number of rotatable bonds is 4. The Morgan fingerprint density at radius 3 is 2.61 bits per heavy atom.